The van der Waals surface area contributed by atoms with Crippen LogP contribution in [0.2, 0.25) is 0 Å². The fourth-order valence-electron chi connectivity index (χ4n) is 3.48. The van der Waals surface area contributed by atoms with Crippen LogP contribution in [0.1, 0.15) is 29.0 Å². The summed E-state index contributed by atoms with van der Waals surface area (Å²) in [4.78, 5) is 27.9. The van der Waals surface area contributed by atoms with E-state index in [1.807, 2.05) is 6.07 Å². The maximum atomic E-state index is 13.9. The molecular weight excluding hydrogens is 417 g/mol. The summed E-state index contributed by atoms with van der Waals surface area (Å²) in [6, 6.07) is 12.0. The molecule has 1 aliphatic carbocycles. The van der Waals surface area contributed by atoms with Crippen molar-refractivity contribution in [2.75, 3.05) is 6.54 Å². The Morgan fingerprint density at radius 1 is 1.25 bits per heavy atom. The van der Waals surface area contributed by atoms with Gasteiger partial charge in [0.1, 0.15) is 17.5 Å². The smallest absolute Gasteiger partial charge is 0.308 e. The van der Waals surface area contributed by atoms with Crippen LogP contribution in [0.15, 0.2) is 42.5 Å². The van der Waals surface area contributed by atoms with Crippen LogP contribution in [0.5, 0.6) is 17.2 Å². The highest BCUT2D eigenvalue weighted by molar-refractivity contribution is 6.03. The van der Waals surface area contributed by atoms with Gasteiger partial charge in [0.2, 0.25) is 0 Å². The average Bonchev–Trinajstić information content (AvgIpc) is 3.60. The summed E-state index contributed by atoms with van der Waals surface area (Å²) in [5, 5.41) is 32.3. The first-order valence-corrected chi connectivity index (χ1v) is 9.89. The summed E-state index contributed by atoms with van der Waals surface area (Å²) in [5.41, 5.74) is -0.518. The molecule has 0 bridgehead atoms. The van der Waals surface area contributed by atoms with Crippen LogP contribution in [0.4, 0.5) is 4.39 Å². The van der Waals surface area contributed by atoms with E-state index in [2.05, 4.69) is 10.3 Å². The van der Waals surface area contributed by atoms with E-state index < -0.39 is 29.4 Å². The number of pyridine rings is 1. The first kappa shape index (κ1) is 21.1. The van der Waals surface area contributed by atoms with Gasteiger partial charge in [-0.2, -0.15) is 5.26 Å². The molecule has 1 heterocycles. The van der Waals surface area contributed by atoms with Crippen molar-refractivity contribution in [1.82, 2.24) is 10.3 Å². The second-order valence-corrected chi connectivity index (χ2v) is 7.50. The number of fused-ring (bicyclic) bond motifs is 1. The molecule has 3 N–H and O–H groups in total. The van der Waals surface area contributed by atoms with E-state index in [4.69, 9.17) is 4.74 Å². The number of aliphatic carboxylic acids is 1. The van der Waals surface area contributed by atoms with Gasteiger partial charge in [0.05, 0.1) is 5.92 Å². The SMILES string of the molecule is N#Cc1nc(C(=O)NCC(C(=O)O)C2CC2)c(O)c2ccc(Oc3ccccc3F)cc12. The van der Waals surface area contributed by atoms with Gasteiger partial charge in [-0.1, -0.05) is 12.1 Å². The lowest BCUT2D eigenvalue weighted by molar-refractivity contribution is -0.142. The monoisotopic (exact) mass is 435 g/mol. The Hall–Kier alpha value is -4.19. The number of rotatable bonds is 7. The van der Waals surface area contributed by atoms with Crippen molar-refractivity contribution >= 4 is 22.6 Å². The summed E-state index contributed by atoms with van der Waals surface area (Å²) < 4.78 is 19.4. The van der Waals surface area contributed by atoms with Crippen molar-refractivity contribution in [3.63, 3.8) is 0 Å². The summed E-state index contributed by atoms with van der Waals surface area (Å²) in [6.07, 6.45) is 1.59. The molecule has 162 valence electrons. The fraction of sp³-hybridized carbons (Fsp3) is 0.217. The maximum Gasteiger partial charge on any atom is 0.308 e. The van der Waals surface area contributed by atoms with Gasteiger partial charge in [-0.05, 0) is 49.1 Å². The molecule has 0 aliphatic heterocycles. The largest absolute Gasteiger partial charge is 0.505 e. The number of halogens is 1. The highest BCUT2D eigenvalue weighted by Crippen LogP contribution is 2.37. The molecule has 1 aromatic heterocycles. The van der Waals surface area contributed by atoms with Gasteiger partial charge in [-0.3, -0.25) is 9.59 Å². The zero-order chi connectivity index (χ0) is 22.8. The van der Waals surface area contributed by atoms with Gasteiger partial charge in [0, 0.05) is 17.3 Å². The molecule has 0 radical (unpaired) electrons. The number of hydrogen-bond donors (Lipinski definition) is 3. The number of ether oxygens (including phenoxy) is 1. The average molecular weight is 435 g/mol. The molecule has 0 saturated heterocycles. The van der Waals surface area contributed by atoms with Gasteiger partial charge in [-0.15, -0.1) is 0 Å². The Morgan fingerprint density at radius 2 is 2.00 bits per heavy atom. The van der Waals surface area contributed by atoms with Crippen LogP contribution in [-0.4, -0.2) is 33.6 Å². The van der Waals surface area contributed by atoms with Crippen molar-refractivity contribution in [3.05, 3.63) is 59.7 Å². The third-order valence-electron chi connectivity index (χ3n) is 5.33. The van der Waals surface area contributed by atoms with Crippen molar-refractivity contribution in [2.24, 2.45) is 11.8 Å². The van der Waals surface area contributed by atoms with Crippen molar-refractivity contribution in [1.29, 1.82) is 5.26 Å². The predicted octanol–water partition coefficient (Wildman–Crippen LogP) is 3.58. The number of carbonyl (C=O) groups is 2. The standard InChI is InChI=1S/C23H18FN3O5/c24-17-3-1-2-4-19(17)32-13-7-8-14-15(9-13)18(10-25)27-20(21(14)28)22(29)26-11-16(23(30)31)12-5-6-12/h1-4,7-9,12,16,28H,5-6,11H2,(H,26,29)(H,30,31). The number of aromatic nitrogens is 1. The molecular formula is C23H18FN3O5. The minimum atomic E-state index is -0.997. The molecule has 1 amide bonds. The van der Waals surface area contributed by atoms with Crippen LogP contribution in [-0.2, 0) is 4.79 Å². The number of carbonyl (C=O) groups excluding carboxylic acids is 1. The Bertz CT molecular complexity index is 1270. The van der Waals surface area contributed by atoms with E-state index in [1.165, 1.54) is 36.4 Å². The maximum absolute atomic E-state index is 13.9. The Kier molecular flexibility index (Phi) is 5.60. The summed E-state index contributed by atoms with van der Waals surface area (Å²) in [6.45, 7) is -0.102. The first-order chi connectivity index (χ1) is 15.4. The first-order valence-electron chi connectivity index (χ1n) is 9.89. The van der Waals surface area contributed by atoms with E-state index in [0.717, 1.165) is 12.8 Å². The number of nitrogens with one attached hydrogen (secondary N) is 1. The second-order valence-electron chi connectivity index (χ2n) is 7.50. The van der Waals surface area contributed by atoms with Crippen molar-refractivity contribution < 1.29 is 28.9 Å². The van der Waals surface area contributed by atoms with Crippen LogP contribution in [0.25, 0.3) is 10.8 Å². The molecule has 8 nitrogen and oxygen atoms in total. The van der Waals surface area contributed by atoms with E-state index in [1.54, 1.807) is 6.07 Å². The Labute approximate surface area is 181 Å². The van der Waals surface area contributed by atoms with Gasteiger partial charge in [0.15, 0.2) is 23.0 Å². The van der Waals surface area contributed by atoms with E-state index >= 15 is 0 Å². The molecule has 1 saturated carbocycles. The van der Waals surface area contributed by atoms with Crippen molar-refractivity contribution in [2.45, 2.75) is 12.8 Å². The molecule has 1 atom stereocenters. The van der Waals surface area contributed by atoms with E-state index in [0.29, 0.717) is 0 Å². The van der Waals surface area contributed by atoms with E-state index in [9.17, 15) is 29.5 Å². The van der Waals surface area contributed by atoms with Crippen LogP contribution in [0.3, 0.4) is 0 Å². The van der Waals surface area contributed by atoms with Crippen LogP contribution in [0, 0.1) is 29.0 Å². The molecule has 1 unspecified atom stereocenters. The number of para-hydroxylation sites is 1. The minimum Gasteiger partial charge on any atom is -0.505 e. The number of benzene rings is 2. The lowest BCUT2D eigenvalue weighted by atomic mass is 10.0. The number of carboxylic acid groups (broad SMARTS) is 1. The number of amides is 1. The third-order valence-corrected chi connectivity index (χ3v) is 5.33. The lowest BCUT2D eigenvalue weighted by Crippen LogP contribution is -2.34. The Morgan fingerprint density at radius 3 is 2.66 bits per heavy atom. The summed E-state index contributed by atoms with van der Waals surface area (Å²) in [7, 11) is 0. The number of nitriles is 1. The van der Waals surface area contributed by atoms with Gasteiger partial charge in [0.25, 0.3) is 5.91 Å². The van der Waals surface area contributed by atoms with Gasteiger partial charge >= 0.3 is 5.97 Å². The second kappa shape index (κ2) is 8.51. The summed E-state index contributed by atoms with van der Waals surface area (Å²) >= 11 is 0. The molecule has 4 rings (SSSR count). The highest BCUT2D eigenvalue weighted by Gasteiger charge is 2.36. The number of carboxylic acids is 1. The zero-order valence-electron chi connectivity index (χ0n) is 16.7. The van der Waals surface area contributed by atoms with Crippen LogP contribution >= 0.6 is 0 Å². The number of hydrogen-bond acceptors (Lipinski definition) is 6. The normalized spacial score (nSPS) is 13.9. The van der Waals surface area contributed by atoms with Gasteiger partial charge in [-0.25, -0.2) is 9.37 Å². The molecule has 1 aliphatic rings. The third kappa shape index (κ3) is 4.16. The molecule has 1 fully saturated rings. The molecule has 32 heavy (non-hydrogen) atoms. The predicted molar refractivity (Wildman–Crippen MR) is 111 cm³/mol. The quantitative estimate of drug-likeness (QED) is 0.517. The fourth-order valence-corrected chi connectivity index (χ4v) is 3.48. The minimum absolute atomic E-state index is 0.0119. The molecule has 2 aromatic carbocycles. The zero-order valence-corrected chi connectivity index (χ0v) is 16.7. The summed E-state index contributed by atoms with van der Waals surface area (Å²) in [5.74, 6) is -3.28. The Balaban J connectivity index is 1.63. The molecule has 0 spiro atoms. The van der Waals surface area contributed by atoms with Gasteiger partial charge < -0.3 is 20.3 Å². The molecule has 3 aromatic rings. The topological polar surface area (TPSA) is 133 Å². The lowest BCUT2D eigenvalue weighted by Gasteiger charge is -2.14. The number of nitrogens with zero attached hydrogens (tertiary/aromatic N) is 2. The van der Waals surface area contributed by atoms with Crippen molar-refractivity contribution in [3.8, 4) is 23.3 Å². The number of aromatic hydroxyl groups is 1. The highest BCUT2D eigenvalue weighted by atomic mass is 19.1. The molecule has 9 heteroatoms. The van der Waals surface area contributed by atoms with Crippen LogP contribution < -0.4 is 10.1 Å². The van der Waals surface area contributed by atoms with E-state index in [-0.39, 0.29) is 46.1 Å².